The minimum Gasteiger partial charge on any atom is -0.469 e. The molecule has 0 radical (unpaired) electrons. The van der Waals surface area contributed by atoms with Crippen molar-refractivity contribution in [1.82, 2.24) is 4.98 Å². The Morgan fingerprint density at radius 1 is 1.26 bits per heavy atom. The molecule has 0 spiro atoms. The number of esters is 2. The SMILES string of the molecule is CCCC[C@H](C(=O)OC)C(C(=O)OC(C)(C)C)[C@@H](CO)Cc1cccnc1. The third-order valence-electron chi connectivity index (χ3n) is 4.45. The van der Waals surface area contributed by atoms with E-state index in [1.165, 1.54) is 7.11 Å². The van der Waals surface area contributed by atoms with Crippen molar-refractivity contribution in [3.05, 3.63) is 30.1 Å². The van der Waals surface area contributed by atoms with Gasteiger partial charge in [-0.05, 0) is 45.2 Å². The fourth-order valence-corrected chi connectivity index (χ4v) is 3.20. The molecule has 0 bridgehead atoms. The van der Waals surface area contributed by atoms with E-state index in [-0.39, 0.29) is 6.61 Å². The fraction of sp³-hybridized carbons (Fsp3) is 0.667. The van der Waals surface area contributed by atoms with Crippen LogP contribution < -0.4 is 0 Å². The summed E-state index contributed by atoms with van der Waals surface area (Å²) in [6, 6.07) is 3.70. The van der Waals surface area contributed by atoms with Crippen LogP contribution in [-0.2, 0) is 25.5 Å². The molecule has 6 heteroatoms. The molecule has 0 aliphatic rings. The molecule has 0 aromatic carbocycles. The number of nitrogens with zero attached hydrogens (tertiary/aromatic N) is 1. The van der Waals surface area contributed by atoms with E-state index in [0.29, 0.717) is 12.8 Å². The Labute approximate surface area is 162 Å². The Bertz CT molecular complexity index is 582. The molecule has 0 amide bonds. The van der Waals surface area contributed by atoms with Gasteiger partial charge in [0, 0.05) is 24.9 Å². The van der Waals surface area contributed by atoms with Gasteiger partial charge in [0.05, 0.1) is 18.9 Å². The van der Waals surface area contributed by atoms with Crippen LogP contribution in [0.25, 0.3) is 0 Å². The van der Waals surface area contributed by atoms with Crippen LogP contribution in [-0.4, -0.2) is 41.3 Å². The lowest BCUT2D eigenvalue weighted by Crippen LogP contribution is -2.42. The van der Waals surface area contributed by atoms with Crippen molar-refractivity contribution < 1.29 is 24.2 Å². The highest BCUT2D eigenvalue weighted by Crippen LogP contribution is 2.32. The van der Waals surface area contributed by atoms with Crippen LogP contribution in [0, 0.1) is 17.8 Å². The van der Waals surface area contributed by atoms with E-state index in [0.717, 1.165) is 18.4 Å². The Kier molecular flexibility index (Phi) is 9.43. The van der Waals surface area contributed by atoms with Crippen molar-refractivity contribution in [3.63, 3.8) is 0 Å². The van der Waals surface area contributed by atoms with Gasteiger partial charge in [-0.2, -0.15) is 0 Å². The summed E-state index contributed by atoms with van der Waals surface area (Å²) in [6.45, 7) is 7.15. The summed E-state index contributed by atoms with van der Waals surface area (Å²) in [5, 5.41) is 10.1. The number of methoxy groups -OCH3 is 1. The second kappa shape index (κ2) is 11.0. The first-order valence-electron chi connectivity index (χ1n) is 9.53. The van der Waals surface area contributed by atoms with Gasteiger partial charge in [-0.1, -0.05) is 25.8 Å². The molecule has 1 aromatic heterocycles. The Balaban J connectivity index is 3.22. The second-order valence-corrected chi connectivity index (χ2v) is 7.84. The minimum atomic E-state index is -0.784. The highest BCUT2D eigenvalue weighted by Gasteiger charge is 2.41. The van der Waals surface area contributed by atoms with E-state index < -0.39 is 35.3 Å². The van der Waals surface area contributed by atoms with Gasteiger partial charge in [-0.15, -0.1) is 0 Å². The molecule has 0 saturated carbocycles. The van der Waals surface area contributed by atoms with Gasteiger partial charge in [0.15, 0.2) is 0 Å². The van der Waals surface area contributed by atoms with Crippen LogP contribution in [0.1, 0.15) is 52.5 Å². The summed E-state index contributed by atoms with van der Waals surface area (Å²) in [6.07, 6.45) is 5.98. The van der Waals surface area contributed by atoms with E-state index in [9.17, 15) is 14.7 Å². The Hall–Kier alpha value is -1.95. The summed E-state index contributed by atoms with van der Waals surface area (Å²) in [7, 11) is 1.32. The average Bonchev–Trinajstić information content (AvgIpc) is 2.62. The molecule has 0 aliphatic heterocycles. The quantitative estimate of drug-likeness (QED) is 0.629. The van der Waals surface area contributed by atoms with Gasteiger partial charge in [-0.25, -0.2) is 0 Å². The van der Waals surface area contributed by atoms with Gasteiger partial charge in [-0.3, -0.25) is 14.6 Å². The van der Waals surface area contributed by atoms with Crippen molar-refractivity contribution in [1.29, 1.82) is 0 Å². The van der Waals surface area contributed by atoms with Crippen molar-refractivity contribution in [2.75, 3.05) is 13.7 Å². The van der Waals surface area contributed by atoms with Crippen LogP contribution in [0.5, 0.6) is 0 Å². The summed E-state index contributed by atoms with van der Waals surface area (Å²) in [5.74, 6) is -2.82. The number of carbonyl (C=O) groups excluding carboxylic acids is 2. The van der Waals surface area contributed by atoms with Gasteiger partial charge in [0.25, 0.3) is 0 Å². The number of rotatable bonds is 10. The molecule has 1 heterocycles. The number of pyridine rings is 1. The normalized spacial score (nSPS) is 14.9. The molecule has 0 aliphatic carbocycles. The molecule has 1 aromatic rings. The first-order valence-corrected chi connectivity index (χ1v) is 9.53. The van der Waals surface area contributed by atoms with E-state index >= 15 is 0 Å². The van der Waals surface area contributed by atoms with Crippen molar-refractivity contribution >= 4 is 11.9 Å². The third-order valence-corrected chi connectivity index (χ3v) is 4.45. The summed E-state index contributed by atoms with van der Waals surface area (Å²) in [5.41, 5.74) is 0.207. The number of aromatic nitrogens is 1. The van der Waals surface area contributed by atoms with E-state index in [2.05, 4.69) is 4.98 Å². The van der Waals surface area contributed by atoms with Crippen LogP contribution in [0.3, 0.4) is 0 Å². The van der Waals surface area contributed by atoms with Crippen LogP contribution in [0.2, 0.25) is 0 Å². The van der Waals surface area contributed by atoms with Crippen molar-refractivity contribution in [3.8, 4) is 0 Å². The smallest absolute Gasteiger partial charge is 0.310 e. The predicted octanol–water partition coefficient (Wildman–Crippen LogP) is 3.17. The van der Waals surface area contributed by atoms with Crippen molar-refractivity contribution in [2.45, 2.75) is 59.0 Å². The van der Waals surface area contributed by atoms with Crippen LogP contribution in [0.4, 0.5) is 0 Å². The highest BCUT2D eigenvalue weighted by atomic mass is 16.6. The number of hydrogen-bond donors (Lipinski definition) is 1. The molecule has 0 fully saturated rings. The lowest BCUT2D eigenvalue weighted by Gasteiger charge is -2.32. The summed E-state index contributed by atoms with van der Waals surface area (Å²) in [4.78, 5) is 29.6. The van der Waals surface area contributed by atoms with Gasteiger partial charge < -0.3 is 14.6 Å². The Morgan fingerprint density at radius 2 is 1.96 bits per heavy atom. The second-order valence-electron chi connectivity index (χ2n) is 7.84. The first-order chi connectivity index (χ1) is 12.7. The topological polar surface area (TPSA) is 85.7 Å². The first kappa shape index (κ1) is 23.1. The molecule has 1 rings (SSSR count). The lowest BCUT2D eigenvalue weighted by molar-refractivity contribution is -0.171. The van der Waals surface area contributed by atoms with Crippen LogP contribution >= 0.6 is 0 Å². The zero-order valence-electron chi connectivity index (χ0n) is 17.1. The molecule has 3 atom stereocenters. The zero-order chi connectivity index (χ0) is 20.4. The number of unbranched alkanes of at least 4 members (excludes halogenated alkanes) is 1. The van der Waals surface area contributed by atoms with Gasteiger partial charge in [0.1, 0.15) is 5.60 Å². The molecule has 27 heavy (non-hydrogen) atoms. The largest absolute Gasteiger partial charge is 0.469 e. The fourth-order valence-electron chi connectivity index (χ4n) is 3.20. The highest BCUT2D eigenvalue weighted by molar-refractivity contribution is 5.82. The number of carbonyl (C=O) groups is 2. The maximum Gasteiger partial charge on any atom is 0.310 e. The van der Waals surface area contributed by atoms with Gasteiger partial charge >= 0.3 is 11.9 Å². The zero-order valence-corrected chi connectivity index (χ0v) is 17.1. The maximum atomic E-state index is 13.0. The minimum absolute atomic E-state index is 0.238. The molecule has 6 nitrogen and oxygen atoms in total. The number of hydrogen-bond acceptors (Lipinski definition) is 6. The van der Waals surface area contributed by atoms with E-state index in [1.54, 1.807) is 39.2 Å². The molecular weight excluding hydrogens is 346 g/mol. The standard InChI is InChI=1S/C21H33NO5/c1-6-7-10-17(19(24)26-5)18(20(25)27-21(2,3)4)16(14-23)12-15-9-8-11-22-13-15/h8-9,11,13,16-18,23H,6-7,10,12,14H2,1-5H3/t16-,17+,18?/m1/s1. The lowest BCUT2D eigenvalue weighted by atomic mass is 9.76. The number of aliphatic hydroxyl groups excluding tert-OH is 1. The maximum absolute atomic E-state index is 13.0. The summed E-state index contributed by atoms with van der Waals surface area (Å²) >= 11 is 0. The molecule has 0 saturated heterocycles. The Morgan fingerprint density at radius 3 is 2.44 bits per heavy atom. The van der Waals surface area contributed by atoms with E-state index in [1.807, 2.05) is 13.0 Å². The molecular formula is C21H33NO5. The molecule has 152 valence electrons. The molecule has 1 unspecified atom stereocenters. The van der Waals surface area contributed by atoms with Crippen molar-refractivity contribution in [2.24, 2.45) is 17.8 Å². The monoisotopic (exact) mass is 379 g/mol. The number of ether oxygens (including phenoxy) is 2. The van der Waals surface area contributed by atoms with E-state index in [4.69, 9.17) is 9.47 Å². The summed E-state index contributed by atoms with van der Waals surface area (Å²) < 4.78 is 10.6. The molecule has 1 N–H and O–H groups in total. The van der Waals surface area contributed by atoms with Gasteiger partial charge in [0.2, 0.25) is 0 Å². The third kappa shape index (κ3) is 7.67. The average molecular weight is 379 g/mol. The number of aliphatic hydroxyl groups is 1. The van der Waals surface area contributed by atoms with Crippen LogP contribution in [0.15, 0.2) is 24.5 Å². The predicted molar refractivity (Wildman–Crippen MR) is 103 cm³/mol.